The molecule has 0 spiro atoms. The Morgan fingerprint density at radius 2 is 1.83 bits per heavy atom. The molecule has 0 aromatic heterocycles. The molecule has 0 bridgehead atoms. The van der Waals surface area contributed by atoms with Crippen LogP contribution >= 0.6 is 0 Å². The Hall–Kier alpha value is -2.22. The summed E-state index contributed by atoms with van der Waals surface area (Å²) in [6.45, 7) is 2.84. The maximum Gasteiger partial charge on any atom is 0.407 e. The van der Waals surface area contributed by atoms with Gasteiger partial charge in [-0.15, -0.1) is 0 Å². The molecular formula is C15H19F2NO5. The smallest absolute Gasteiger partial charge is 0.407 e. The quantitative estimate of drug-likeness (QED) is 0.710. The van der Waals surface area contributed by atoms with Gasteiger partial charge < -0.3 is 20.3 Å². The van der Waals surface area contributed by atoms with E-state index in [0.717, 1.165) is 0 Å². The molecule has 0 radical (unpaired) electrons. The number of carbonyl (C=O) groups excluding carboxylic acids is 1. The van der Waals surface area contributed by atoms with Gasteiger partial charge in [0, 0.05) is 0 Å². The molecule has 128 valence electrons. The molecule has 0 heterocycles. The number of carbonyl (C=O) groups is 2. The Bertz CT molecular complexity index is 536. The van der Waals surface area contributed by atoms with Crippen LogP contribution in [0.5, 0.6) is 0 Å². The molecule has 0 aliphatic heterocycles. The molecule has 0 aliphatic rings. The van der Waals surface area contributed by atoms with Gasteiger partial charge in [-0.25, -0.2) is 9.59 Å². The topological polar surface area (TPSA) is 95.9 Å². The van der Waals surface area contributed by atoms with E-state index in [1.54, 1.807) is 30.3 Å². The molecule has 1 amide bonds. The summed E-state index contributed by atoms with van der Waals surface area (Å²) in [6, 6.07) is 7.20. The Morgan fingerprint density at radius 3 is 2.30 bits per heavy atom. The molecule has 0 saturated heterocycles. The third-order valence-electron chi connectivity index (χ3n) is 3.21. The first-order chi connectivity index (χ1) is 10.7. The number of alkyl halides is 2. The lowest BCUT2D eigenvalue weighted by Crippen LogP contribution is -2.56. The second kappa shape index (κ2) is 7.87. The van der Waals surface area contributed by atoms with Crippen LogP contribution in [0.4, 0.5) is 13.6 Å². The molecule has 1 aromatic carbocycles. The molecule has 8 heteroatoms. The van der Waals surface area contributed by atoms with Crippen LogP contribution in [0.15, 0.2) is 30.3 Å². The largest absolute Gasteiger partial charge is 0.477 e. The van der Waals surface area contributed by atoms with E-state index in [0.29, 0.717) is 5.56 Å². The lowest BCUT2D eigenvalue weighted by Gasteiger charge is -2.30. The number of amides is 1. The predicted octanol–water partition coefficient (Wildman–Crippen LogP) is 2.02. The molecule has 1 aromatic rings. The van der Waals surface area contributed by atoms with Crippen LogP contribution in [0.2, 0.25) is 0 Å². The summed E-state index contributed by atoms with van der Waals surface area (Å²) in [5.74, 6) is -7.49. The summed E-state index contributed by atoms with van der Waals surface area (Å²) < 4.78 is 31.7. The summed E-state index contributed by atoms with van der Waals surface area (Å²) in [7, 11) is 0. The van der Waals surface area contributed by atoms with Gasteiger partial charge in [0.25, 0.3) is 0 Å². The Morgan fingerprint density at radius 1 is 1.26 bits per heavy atom. The lowest BCUT2D eigenvalue weighted by molar-refractivity contribution is -0.186. The average Bonchev–Trinajstić information content (AvgIpc) is 2.50. The number of ether oxygens (including phenoxy) is 1. The van der Waals surface area contributed by atoms with E-state index < -0.39 is 36.0 Å². The van der Waals surface area contributed by atoms with E-state index in [1.807, 2.05) is 0 Å². The fourth-order valence-electron chi connectivity index (χ4n) is 1.86. The molecular weight excluding hydrogens is 312 g/mol. The number of aliphatic carboxylic acids is 1. The predicted molar refractivity (Wildman–Crippen MR) is 77.0 cm³/mol. The van der Waals surface area contributed by atoms with E-state index in [1.165, 1.54) is 13.8 Å². The summed E-state index contributed by atoms with van der Waals surface area (Å²) in [5.41, 5.74) is 0.695. The van der Waals surface area contributed by atoms with Gasteiger partial charge in [-0.1, -0.05) is 44.2 Å². The van der Waals surface area contributed by atoms with Crippen molar-refractivity contribution in [2.75, 3.05) is 0 Å². The molecule has 1 rings (SSSR count). The number of carboxylic acid groups (broad SMARTS) is 1. The van der Waals surface area contributed by atoms with Crippen LogP contribution in [-0.4, -0.2) is 40.3 Å². The monoisotopic (exact) mass is 331 g/mol. The Kier molecular flexibility index (Phi) is 6.44. The normalized spacial score (nSPS) is 14.2. The van der Waals surface area contributed by atoms with Gasteiger partial charge in [0.05, 0.1) is 6.04 Å². The zero-order valence-electron chi connectivity index (χ0n) is 12.7. The number of hydrogen-bond donors (Lipinski definition) is 3. The third kappa shape index (κ3) is 5.17. The van der Waals surface area contributed by atoms with Crippen molar-refractivity contribution in [3.05, 3.63) is 35.9 Å². The molecule has 23 heavy (non-hydrogen) atoms. The highest BCUT2D eigenvalue weighted by molar-refractivity contribution is 5.76. The molecule has 6 nitrogen and oxygen atoms in total. The minimum Gasteiger partial charge on any atom is -0.477 e. The van der Waals surface area contributed by atoms with E-state index in [9.17, 15) is 23.5 Å². The van der Waals surface area contributed by atoms with Crippen LogP contribution in [-0.2, 0) is 16.1 Å². The second-order valence-electron chi connectivity index (χ2n) is 5.35. The van der Waals surface area contributed by atoms with Crippen LogP contribution in [0, 0.1) is 5.92 Å². The minimum atomic E-state index is -4.39. The van der Waals surface area contributed by atoms with Crippen molar-refractivity contribution in [2.45, 2.75) is 38.5 Å². The average molecular weight is 331 g/mol. The van der Waals surface area contributed by atoms with Crippen LogP contribution in [0.3, 0.4) is 0 Å². The molecule has 3 N–H and O–H groups in total. The summed E-state index contributed by atoms with van der Waals surface area (Å²) in [4.78, 5) is 22.2. The van der Waals surface area contributed by atoms with Crippen LogP contribution in [0.25, 0.3) is 0 Å². The van der Waals surface area contributed by atoms with Crippen molar-refractivity contribution in [1.29, 1.82) is 0 Å². The van der Waals surface area contributed by atoms with Gasteiger partial charge in [-0.2, -0.15) is 8.78 Å². The molecule has 2 unspecified atom stereocenters. The van der Waals surface area contributed by atoms with Gasteiger partial charge in [0.1, 0.15) is 12.7 Å². The fraction of sp³-hybridized carbons (Fsp3) is 0.467. The van der Waals surface area contributed by atoms with E-state index in [-0.39, 0.29) is 6.61 Å². The number of aliphatic hydroxyl groups excluding tert-OH is 1. The van der Waals surface area contributed by atoms with Gasteiger partial charge in [0.15, 0.2) is 0 Å². The number of hydrogen-bond acceptors (Lipinski definition) is 4. The first-order valence-corrected chi connectivity index (χ1v) is 6.92. The lowest BCUT2D eigenvalue weighted by atomic mass is 9.94. The highest BCUT2D eigenvalue weighted by Gasteiger charge is 2.51. The number of rotatable bonds is 7. The van der Waals surface area contributed by atoms with Crippen LogP contribution < -0.4 is 5.32 Å². The number of alkyl carbamates (subject to hydrolysis) is 1. The third-order valence-corrected chi connectivity index (χ3v) is 3.21. The van der Waals surface area contributed by atoms with Crippen molar-refractivity contribution in [3.63, 3.8) is 0 Å². The van der Waals surface area contributed by atoms with E-state index in [2.05, 4.69) is 5.32 Å². The maximum atomic E-state index is 13.4. The SMILES string of the molecule is CC(C)C(NC(=O)OCc1ccccc1)C(O)C(F)(F)C(=O)O. The molecule has 0 fully saturated rings. The summed E-state index contributed by atoms with van der Waals surface area (Å²) in [6.07, 6.45) is -3.60. The van der Waals surface area contributed by atoms with E-state index >= 15 is 0 Å². The number of nitrogens with one attached hydrogen (secondary N) is 1. The zero-order chi connectivity index (χ0) is 17.6. The first-order valence-electron chi connectivity index (χ1n) is 6.92. The van der Waals surface area contributed by atoms with E-state index in [4.69, 9.17) is 9.84 Å². The van der Waals surface area contributed by atoms with Gasteiger partial charge >= 0.3 is 18.0 Å². The molecule has 0 saturated carbocycles. The zero-order valence-corrected chi connectivity index (χ0v) is 12.7. The minimum absolute atomic E-state index is 0.0804. The summed E-state index contributed by atoms with van der Waals surface area (Å²) >= 11 is 0. The maximum absolute atomic E-state index is 13.4. The number of carboxylic acids is 1. The van der Waals surface area contributed by atoms with Crippen molar-refractivity contribution >= 4 is 12.1 Å². The number of benzene rings is 1. The Balaban J connectivity index is 2.68. The summed E-state index contributed by atoms with van der Waals surface area (Å²) in [5, 5.41) is 20.2. The van der Waals surface area contributed by atoms with Gasteiger partial charge in [-0.05, 0) is 11.5 Å². The van der Waals surface area contributed by atoms with Crippen LogP contribution in [0.1, 0.15) is 19.4 Å². The highest BCUT2D eigenvalue weighted by Crippen LogP contribution is 2.24. The number of aliphatic hydroxyl groups is 1. The van der Waals surface area contributed by atoms with Crippen molar-refractivity contribution in [3.8, 4) is 0 Å². The number of halogens is 2. The molecule has 0 aliphatic carbocycles. The molecule has 2 atom stereocenters. The van der Waals surface area contributed by atoms with Crippen molar-refractivity contribution in [1.82, 2.24) is 5.32 Å². The van der Waals surface area contributed by atoms with Crippen molar-refractivity contribution < 1.29 is 33.3 Å². The second-order valence-corrected chi connectivity index (χ2v) is 5.35. The van der Waals surface area contributed by atoms with Gasteiger partial charge in [0.2, 0.25) is 0 Å². The fourth-order valence-corrected chi connectivity index (χ4v) is 1.86. The standard InChI is InChI=1S/C15H19F2NO5/c1-9(2)11(12(19)15(16,17)13(20)21)18-14(22)23-8-10-6-4-3-5-7-10/h3-7,9,11-12,19H,8H2,1-2H3,(H,18,22)(H,20,21). The highest BCUT2D eigenvalue weighted by atomic mass is 19.3. The van der Waals surface area contributed by atoms with Crippen molar-refractivity contribution in [2.24, 2.45) is 5.92 Å². The first kappa shape index (κ1) is 18.8. The van der Waals surface area contributed by atoms with Gasteiger partial charge in [-0.3, -0.25) is 0 Å². The Labute approximate surface area is 132 Å².